The summed E-state index contributed by atoms with van der Waals surface area (Å²) in [7, 11) is 0. The number of hydrogen-bond acceptors (Lipinski definition) is 1. The van der Waals surface area contributed by atoms with E-state index in [1.165, 1.54) is 0 Å². The lowest BCUT2D eigenvalue weighted by Crippen LogP contribution is -2.22. The summed E-state index contributed by atoms with van der Waals surface area (Å²) in [4.78, 5) is 3.82. The Labute approximate surface area is 80.6 Å². The molecule has 0 atom stereocenters. The number of anilines is 1. The van der Waals surface area contributed by atoms with Gasteiger partial charge in [-0.15, -0.1) is 0 Å². The Morgan fingerprint density at radius 3 is 2.43 bits per heavy atom. The van der Waals surface area contributed by atoms with Crippen molar-refractivity contribution in [1.82, 2.24) is 0 Å². The summed E-state index contributed by atoms with van der Waals surface area (Å²) in [5.74, 6) is -1.17. The van der Waals surface area contributed by atoms with Gasteiger partial charge in [0.2, 0.25) is 0 Å². The number of nitrogens with one attached hydrogen (secondary N) is 1. The minimum atomic E-state index is -0.656. The summed E-state index contributed by atoms with van der Waals surface area (Å²) >= 11 is 0. The molecule has 0 heterocycles. The number of benzene rings is 1. The fraction of sp³-hybridized carbons (Fsp3) is 0.222. The molecule has 0 aliphatic rings. The average Bonchev–Trinajstić information content (AvgIpc) is 2.01. The van der Waals surface area contributed by atoms with E-state index in [1.807, 2.05) is 0 Å². The van der Waals surface area contributed by atoms with E-state index in [-0.39, 0.29) is 11.6 Å². The fourth-order valence-electron chi connectivity index (χ4n) is 0.984. The zero-order valence-corrected chi connectivity index (χ0v) is 7.72. The van der Waals surface area contributed by atoms with Crippen LogP contribution in [0.15, 0.2) is 23.2 Å². The first-order valence-corrected chi connectivity index (χ1v) is 4.15. The van der Waals surface area contributed by atoms with E-state index in [9.17, 15) is 8.78 Å². The maximum Gasteiger partial charge on any atom is 0.193 e. The predicted octanol–water partition coefficient (Wildman–Crippen LogP) is 1.71. The smallest absolute Gasteiger partial charge is 0.193 e. The number of aliphatic imine (C=N–C) groups is 1. The fourth-order valence-corrected chi connectivity index (χ4v) is 0.984. The molecule has 5 heteroatoms. The monoisotopic (exact) mass is 199 g/mol. The maximum absolute atomic E-state index is 12.7. The molecular formula is C9H11F2N3. The molecule has 1 aromatic rings. The second kappa shape index (κ2) is 4.55. The predicted molar refractivity (Wildman–Crippen MR) is 52.1 cm³/mol. The lowest BCUT2D eigenvalue weighted by molar-refractivity contribution is 0.584. The van der Waals surface area contributed by atoms with Gasteiger partial charge in [0.25, 0.3) is 0 Å². The van der Waals surface area contributed by atoms with Gasteiger partial charge in [-0.05, 0) is 19.1 Å². The van der Waals surface area contributed by atoms with Crippen molar-refractivity contribution >= 4 is 11.6 Å². The highest BCUT2D eigenvalue weighted by molar-refractivity contribution is 5.92. The van der Waals surface area contributed by atoms with Gasteiger partial charge < -0.3 is 11.1 Å². The summed E-state index contributed by atoms with van der Waals surface area (Å²) in [5, 5.41) is 2.57. The van der Waals surface area contributed by atoms with Crippen molar-refractivity contribution in [2.45, 2.75) is 6.92 Å². The van der Waals surface area contributed by atoms with Crippen LogP contribution in [0.4, 0.5) is 14.5 Å². The van der Waals surface area contributed by atoms with Gasteiger partial charge in [0, 0.05) is 18.3 Å². The van der Waals surface area contributed by atoms with Crippen molar-refractivity contribution in [2.75, 3.05) is 11.9 Å². The number of nitrogens with zero attached hydrogens (tertiary/aromatic N) is 1. The number of guanidine groups is 1. The van der Waals surface area contributed by atoms with E-state index in [0.717, 1.165) is 18.2 Å². The molecule has 3 nitrogen and oxygen atoms in total. The third kappa shape index (κ3) is 3.01. The van der Waals surface area contributed by atoms with Crippen molar-refractivity contribution in [1.29, 1.82) is 0 Å². The molecule has 3 N–H and O–H groups in total. The largest absolute Gasteiger partial charge is 0.370 e. The van der Waals surface area contributed by atoms with Gasteiger partial charge in [0.1, 0.15) is 11.6 Å². The normalized spacial score (nSPS) is 11.5. The molecule has 0 saturated carbocycles. The molecule has 0 unspecified atom stereocenters. The summed E-state index contributed by atoms with van der Waals surface area (Å²) in [5.41, 5.74) is 5.66. The van der Waals surface area contributed by atoms with Crippen LogP contribution in [0.25, 0.3) is 0 Å². The van der Waals surface area contributed by atoms with Crippen LogP contribution >= 0.6 is 0 Å². The van der Waals surface area contributed by atoms with Crippen molar-refractivity contribution < 1.29 is 8.78 Å². The van der Waals surface area contributed by atoms with Gasteiger partial charge in [0.05, 0.1) is 0 Å². The Kier molecular flexibility index (Phi) is 3.39. The molecule has 0 saturated heterocycles. The quantitative estimate of drug-likeness (QED) is 0.562. The van der Waals surface area contributed by atoms with Crippen LogP contribution in [0.1, 0.15) is 6.92 Å². The van der Waals surface area contributed by atoms with Crippen LogP contribution in [0, 0.1) is 11.6 Å². The maximum atomic E-state index is 12.7. The standard InChI is InChI=1S/C9H11F2N3/c1-2-13-9(12)14-8-4-6(10)3-7(11)5-8/h3-5H,2H2,1H3,(H3,12,13,14). The second-order valence-electron chi connectivity index (χ2n) is 2.64. The molecule has 0 radical (unpaired) electrons. The van der Waals surface area contributed by atoms with E-state index in [2.05, 4.69) is 10.3 Å². The zero-order valence-electron chi connectivity index (χ0n) is 7.72. The molecule has 1 aromatic carbocycles. The van der Waals surface area contributed by atoms with Gasteiger partial charge >= 0.3 is 0 Å². The van der Waals surface area contributed by atoms with Crippen LogP contribution in [0.3, 0.4) is 0 Å². The minimum Gasteiger partial charge on any atom is -0.370 e. The Hall–Kier alpha value is -1.65. The summed E-state index contributed by atoms with van der Waals surface area (Å²) in [6.45, 7) is 2.32. The van der Waals surface area contributed by atoms with Crippen molar-refractivity contribution in [3.63, 3.8) is 0 Å². The lowest BCUT2D eigenvalue weighted by Gasteiger charge is -2.05. The van der Waals surface area contributed by atoms with E-state index in [1.54, 1.807) is 6.92 Å². The van der Waals surface area contributed by atoms with E-state index in [4.69, 9.17) is 5.73 Å². The Balaban J connectivity index is 2.81. The average molecular weight is 199 g/mol. The van der Waals surface area contributed by atoms with Gasteiger partial charge in [-0.2, -0.15) is 0 Å². The molecule has 0 bridgehead atoms. The van der Waals surface area contributed by atoms with Crippen LogP contribution in [0.5, 0.6) is 0 Å². The molecule has 0 fully saturated rings. The highest BCUT2D eigenvalue weighted by Gasteiger charge is 2.00. The third-order valence-corrected chi connectivity index (χ3v) is 1.46. The molecule has 14 heavy (non-hydrogen) atoms. The molecule has 0 aromatic heterocycles. The summed E-state index contributed by atoms with van der Waals surface area (Å²) in [6, 6.07) is 3.07. The second-order valence-corrected chi connectivity index (χ2v) is 2.64. The molecule has 1 rings (SSSR count). The number of halogens is 2. The highest BCUT2D eigenvalue weighted by Crippen LogP contribution is 2.12. The van der Waals surface area contributed by atoms with Crippen LogP contribution in [0.2, 0.25) is 0 Å². The van der Waals surface area contributed by atoms with Gasteiger partial charge in [-0.25, -0.2) is 8.78 Å². The third-order valence-electron chi connectivity index (χ3n) is 1.46. The van der Waals surface area contributed by atoms with Gasteiger partial charge in [-0.3, -0.25) is 4.99 Å². The molecule has 76 valence electrons. The van der Waals surface area contributed by atoms with Crippen LogP contribution in [-0.4, -0.2) is 12.5 Å². The van der Waals surface area contributed by atoms with E-state index >= 15 is 0 Å². The van der Waals surface area contributed by atoms with Crippen LogP contribution in [-0.2, 0) is 0 Å². The summed E-state index contributed by atoms with van der Waals surface area (Å²) < 4.78 is 25.4. The van der Waals surface area contributed by atoms with Gasteiger partial charge in [0.15, 0.2) is 5.96 Å². The first kappa shape index (κ1) is 10.4. The SMILES string of the molecule is CCN=C(N)Nc1cc(F)cc(F)c1. The minimum absolute atomic E-state index is 0.137. The topological polar surface area (TPSA) is 50.4 Å². The Morgan fingerprint density at radius 2 is 1.93 bits per heavy atom. The first-order chi connectivity index (χ1) is 6.61. The number of hydrogen-bond donors (Lipinski definition) is 2. The molecule has 0 aliphatic carbocycles. The number of rotatable bonds is 2. The van der Waals surface area contributed by atoms with Crippen molar-refractivity contribution in [3.05, 3.63) is 29.8 Å². The Morgan fingerprint density at radius 1 is 1.36 bits per heavy atom. The van der Waals surface area contributed by atoms with Gasteiger partial charge in [-0.1, -0.05) is 0 Å². The molecule has 0 spiro atoms. The highest BCUT2D eigenvalue weighted by atomic mass is 19.1. The first-order valence-electron chi connectivity index (χ1n) is 4.15. The van der Waals surface area contributed by atoms with Crippen LogP contribution < -0.4 is 11.1 Å². The summed E-state index contributed by atoms with van der Waals surface area (Å²) in [6.07, 6.45) is 0. The van der Waals surface area contributed by atoms with E-state index < -0.39 is 11.6 Å². The van der Waals surface area contributed by atoms with E-state index in [0.29, 0.717) is 6.54 Å². The molecular weight excluding hydrogens is 188 g/mol. The lowest BCUT2D eigenvalue weighted by atomic mass is 10.3. The Bertz CT molecular complexity index is 330. The zero-order chi connectivity index (χ0) is 10.6. The molecule has 0 aliphatic heterocycles. The number of nitrogens with two attached hydrogens (primary N) is 1. The van der Waals surface area contributed by atoms with Crippen molar-refractivity contribution in [2.24, 2.45) is 10.7 Å². The molecule has 0 amide bonds. The van der Waals surface area contributed by atoms with Crippen molar-refractivity contribution in [3.8, 4) is 0 Å².